The number of rotatable bonds is 6. The topological polar surface area (TPSA) is 41.6 Å². The molecule has 122 valence electrons. The highest BCUT2D eigenvalue weighted by atomic mass is 35.5. The van der Waals surface area contributed by atoms with Gasteiger partial charge in [-0.3, -0.25) is 9.69 Å². The van der Waals surface area contributed by atoms with Crippen molar-refractivity contribution >= 4 is 34.8 Å². The summed E-state index contributed by atoms with van der Waals surface area (Å²) in [5, 5.41) is 3.88. The number of halogens is 2. The third-order valence-electron chi connectivity index (χ3n) is 3.23. The number of hydrogen-bond donors (Lipinski definition) is 1. The Balaban J connectivity index is 1.93. The van der Waals surface area contributed by atoms with E-state index in [1.165, 1.54) is 0 Å². The van der Waals surface area contributed by atoms with Gasteiger partial charge in [0.05, 0.1) is 29.4 Å². The summed E-state index contributed by atoms with van der Waals surface area (Å²) >= 11 is 11.9. The Morgan fingerprint density at radius 2 is 1.91 bits per heavy atom. The number of carbonyl (C=O) groups is 1. The fourth-order valence-corrected chi connectivity index (χ4v) is 2.51. The van der Waals surface area contributed by atoms with Gasteiger partial charge in [0.1, 0.15) is 5.75 Å². The van der Waals surface area contributed by atoms with Crippen LogP contribution in [0, 0.1) is 0 Å². The summed E-state index contributed by atoms with van der Waals surface area (Å²) in [5.74, 6) is 0.519. The van der Waals surface area contributed by atoms with Gasteiger partial charge in [-0.15, -0.1) is 0 Å². The Bertz CT molecular complexity index is 692. The minimum Gasteiger partial charge on any atom is -0.495 e. The van der Waals surface area contributed by atoms with E-state index < -0.39 is 0 Å². The highest BCUT2D eigenvalue weighted by molar-refractivity contribution is 6.42. The summed E-state index contributed by atoms with van der Waals surface area (Å²) in [6.45, 7) is 0.842. The summed E-state index contributed by atoms with van der Waals surface area (Å²) in [5.41, 5.74) is 1.65. The van der Waals surface area contributed by atoms with Gasteiger partial charge in [0.2, 0.25) is 5.91 Å². The van der Waals surface area contributed by atoms with Crippen LogP contribution in [-0.4, -0.2) is 31.5 Å². The lowest BCUT2D eigenvalue weighted by Crippen LogP contribution is -2.29. The van der Waals surface area contributed by atoms with Gasteiger partial charge in [-0.25, -0.2) is 0 Å². The van der Waals surface area contributed by atoms with Crippen LogP contribution in [0.15, 0.2) is 42.5 Å². The van der Waals surface area contributed by atoms with Crippen LogP contribution in [0.4, 0.5) is 5.69 Å². The zero-order valence-electron chi connectivity index (χ0n) is 13.0. The van der Waals surface area contributed by atoms with Crippen molar-refractivity contribution in [1.29, 1.82) is 0 Å². The Morgan fingerprint density at radius 1 is 1.17 bits per heavy atom. The lowest BCUT2D eigenvalue weighted by Gasteiger charge is -2.17. The van der Waals surface area contributed by atoms with Crippen molar-refractivity contribution in [3.05, 3.63) is 58.1 Å². The van der Waals surface area contributed by atoms with Gasteiger partial charge < -0.3 is 10.1 Å². The number of hydrogen-bond acceptors (Lipinski definition) is 3. The number of methoxy groups -OCH3 is 1. The Hall–Kier alpha value is -1.75. The van der Waals surface area contributed by atoms with Crippen molar-refractivity contribution < 1.29 is 9.53 Å². The first kappa shape index (κ1) is 17.6. The van der Waals surface area contributed by atoms with Crippen LogP contribution in [0.2, 0.25) is 10.0 Å². The van der Waals surface area contributed by atoms with Crippen molar-refractivity contribution in [1.82, 2.24) is 4.90 Å². The van der Waals surface area contributed by atoms with Gasteiger partial charge in [-0.05, 0) is 36.9 Å². The zero-order valence-corrected chi connectivity index (χ0v) is 14.5. The summed E-state index contributed by atoms with van der Waals surface area (Å²) in [6.07, 6.45) is 0. The van der Waals surface area contributed by atoms with Crippen LogP contribution in [0.1, 0.15) is 5.56 Å². The molecule has 0 atom stereocenters. The van der Waals surface area contributed by atoms with Crippen molar-refractivity contribution in [2.75, 3.05) is 26.0 Å². The van der Waals surface area contributed by atoms with E-state index in [4.69, 9.17) is 27.9 Å². The molecule has 0 saturated heterocycles. The first-order valence-corrected chi connectivity index (χ1v) is 7.80. The van der Waals surface area contributed by atoms with E-state index in [0.29, 0.717) is 28.0 Å². The second kappa shape index (κ2) is 8.20. The summed E-state index contributed by atoms with van der Waals surface area (Å²) in [6, 6.07) is 12.7. The second-order valence-corrected chi connectivity index (χ2v) is 5.98. The largest absolute Gasteiger partial charge is 0.495 e. The van der Waals surface area contributed by atoms with E-state index in [-0.39, 0.29) is 12.5 Å². The number of amides is 1. The molecule has 1 N–H and O–H groups in total. The van der Waals surface area contributed by atoms with Crippen LogP contribution in [-0.2, 0) is 11.3 Å². The number of anilines is 1. The second-order valence-electron chi connectivity index (χ2n) is 5.17. The van der Waals surface area contributed by atoms with E-state index in [1.54, 1.807) is 31.4 Å². The lowest BCUT2D eigenvalue weighted by atomic mass is 10.2. The molecule has 23 heavy (non-hydrogen) atoms. The van der Waals surface area contributed by atoms with Gasteiger partial charge in [0.15, 0.2) is 0 Å². The van der Waals surface area contributed by atoms with Crippen molar-refractivity contribution in [2.45, 2.75) is 6.54 Å². The molecule has 0 aliphatic heterocycles. The molecule has 0 fully saturated rings. The van der Waals surface area contributed by atoms with Gasteiger partial charge >= 0.3 is 0 Å². The molecule has 0 saturated carbocycles. The highest BCUT2D eigenvalue weighted by Gasteiger charge is 2.10. The number of nitrogens with zero attached hydrogens (tertiary/aromatic N) is 1. The van der Waals surface area contributed by atoms with E-state index in [1.807, 2.05) is 30.1 Å². The molecule has 0 aliphatic carbocycles. The number of nitrogens with one attached hydrogen (secondary N) is 1. The summed E-state index contributed by atoms with van der Waals surface area (Å²) in [7, 11) is 3.44. The van der Waals surface area contributed by atoms with Crippen LogP contribution in [0.3, 0.4) is 0 Å². The first-order chi connectivity index (χ1) is 11.0. The molecule has 2 aromatic rings. The smallest absolute Gasteiger partial charge is 0.238 e. The predicted octanol–water partition coefficient (Wildman–Crippen LogP) is 4.07. The highest BCUT2D eigenvalue weighted by Crippen LogP contribution is 2.24. The van der Waals surface area contributed by atoms with Crippen molar-refractivity contribution in [2.24, 2.45) is 0 Å². The average Bonchev–Trinajstić information content (AvgIpc) is 2.51. The average molecular weight is 353 g/mol. The monoisotopic (exact) mass is 352 g/mol. The lowest BCUT2D eigenvalue weighted by molar-refractivity contribution is -0.117. The zero-order chi connectivity index (χ0) is 16.8. The number of likely N-dealkylation sites (N-methyl/N-ethyl adjacent to an activating group) is 1. The quantitative estimate of drug-likeness (QED) is 0.851. The molecule has 0 radical (unpaired) electrons. The molecule has 0 aliphatic rings. The molecule has 0 heterocycles. The molecule has 2 aromatic carbocycles. The molecule has 0 bridgehead atoms. The van der Waals surface area contributed by atoms with Gasteiger partial charge in [-0.2, -0.15) is 0 Å². The Morgan fingerprint density at radius 3 is 2.61 bits per heavy atom. The fraction of sp³-hybridized carbons (Fsp3) is 0.235. The number of para-hydroxylation sites is 2. The van der Waals surface area contributed by atoms with Crippen LogP contribution < -0.4 is 10.1 Å². The SMILES string of the molecule is COc1ccccc1NC(=O)CN(C)Cc1ccc(Cl)c(Cl)c1. The molecule has 1 amide bonds. The van der Waals surface area contributed by atoms with Crippen molar-refractivity contribution in [3.63, 3.8) is 0 Å². The van der Waals surface area contributed by atoms with Gasteiger partial charge in [0.25, 0.3) is 0 Å². The maximum atomic E-state index is 12.1. The third kappa shape index (κ3) is 5.13. The molecule has 4 nitrogen and oxygen atoms in total. The minimum atomic E-state index is -0.114. The fourth-order valence-electron chi connectivity index (χ4n) is 2.19. The maximum Gasteiger partial charge on any atom is 0.238 e. The van der Waals surface area contributed by atoms with E-state index in [9.17, 15) is 4.79 Å². The summed E-state index contributed by atoms with van der Waals surface area (Å²) in [4.78, 5) is 14.0. The number of carbonyl (C=O) groups excluding carboxylic acids is 1. The minimum absolute atomic E-state index is 0.114. The third-order valence-corrected chi connectivity index (χ3v) is 3.97. The Labute approximate surface area is 146 Å². The molecule has 2 rings (SSSR count). The van der Waals surface area contributed by atoms with Crippen molar-refractivity contribution in [3.8, 4) is 5.75 Å². The predicted molar refractivity (Wildman–Crippen MR) is 94.4 cm³/mol. The van der Waals surface area contributed by atoms with Gasteiger partial charge in [-0.1, -0.05) is 41.4 Å². The molecule has 0 spiro atoms. The van der Waals surface area contributed by atoms with Gasteiger partial charge in [0, 0.05) is 6.54 Å². The van der Waals surface area contributed by atoms with E-state index in [0.717, 1.165) is 5.56 Å². The molecule has 0 unspecified atom stereocenters. The molecular formula is C17H18Cl2N2O2. The normalized spacial score (nSPS) is 10.7. The van der Waals surface area contributed by atoms with E-state index in [2.05, 4.69) is 5.32 Å². The Kier molecular flexibility index (Phi) is 6.28. The number of ether oxygens (including phenoxy) is 1. The van der Waals surface area contributed by atoms with Crippen LogP contribution in [0.25, 0.3) is 0 Å². The summed E-state index contributed by atoms with van der Waals surface area (Å²) < 4.78 is 5.22. The maximum absolute atomic E-state index is 12.1. The molecule has 6 heteroatoms. The molecular weight excluding hydrogens is 335 g/mol. The van der Waals surface area contributed by atoms with Crippen LogP contribution in [0.5, 0.6) is 5.75 Å². The van der Waals surface area contributed by atoms with E-state index >= 15 is 0 Å². The van der Waals surface area contributed by atoms with Crippen LogP contribution >= 0.6 is 23.2 Å². The first-order valence-electron chi connectivity index (χ1n) is 7.05. The number of benzene rings is 2. The molecule has 0 aromatic heterocycles. The standard InChI is InChI=1S/C17H18Cl2N2O2/c1-21(10-12-7-8-13(18)14(19)9-12)11-17(22)20-15-5-3-4-6-16(15)23-2/h3-9H,10-11H2,1-2H3,(H,20,22).